The van der Waals surface area contributed by atoms with Gasteiger partial charge in [-0.15, -0.1) is 11.3 Å². The highest BCUT2D eigenvalue weighted by atomic mass is 32.1. The van der Waals surface area contributed by atoms with Crippen LogP contribution in [0.2, 0.25) is 0 Å². The molecule has 0 amide bonds. The molecule has 3 rings (SSSR count). The predicted octanol–water partition coefficient (Wildman–Crippen LogP) is 2.84. The number of hydrogen-bond acceptors (Lipinski definition) is 4. The fourth-order valence-corrected chi connectivity index (χ4v) is 3.41. The summed E-state index contributed by atoms with van der Waals surface area (Å²) >= 11 is 1.74. The predicted molar refractivity (Wildman–Crippen MR) is 83.1 cm³/mol. The van der Waals surface area contributed by atoms with Gasteiger partial charge in [-0.2, -0.15) is 5.10 Å². The Morgan fingerprint density at radius 1 is 1.35 bits per heavy atom. The third-order valence-corrected chi connectivity index (χ3v) is 4.59. The zero-order chi connectivity index (χ0) is 14.1. The topological polar surface area (TPSA) is 42.7 Å². The Bertz CT molecular complexity index is 728. The Labute approximate surface area is 122 Å². The first kappa shape index (κ1) is 13.3. The molecule has 0 spiro atoms. The molecule has 1 atom stereocenters. The number of benzene rings is 1. The quantitative estimate of drug-likeness (QED) is 0.802. The monoisotopic (exact) mass is 286 g/mol. The lowest BCUT2D eigenvalue weighted by atomic mass is 10.1. The zero-order valence-electron chi connectivity index (χ0n) is 11.9. The average Bonchev–Trinajstić information content (AvgIpc) is 3.01. The van der Waals surface area contributed by atoms with Crippen LogP contribution in [0, 0.1) is 6.92 Å². The molecule has 2 aromatic heterocycles. The number of nitrogens with one attached hydrogen (secondary N) is 1. The number of likely N-dealkylation sites (N-methyl/N-ethyl adjacent to an activating group) is 1. The summed E-state index contributed by atoms with van der Waals surface area (Å²) in [4.78, 5) is 5.61. The van der Waals surface area contributed by atoms with Crippen LogP contribution in [0.5, 0.6) is 0 Å². The minimum Gasteiger partial charge on any atom is -0.312 e. The Morgan fingerprint density at radius 3 is 2.85 bits per heavy atom. The van der Waals surface area contributed by atoms with Crippen LogP contribution in [-0.2, 0) is 13.5 Å². The minimum absolute atomic E-state index is 0.263. The number of nitrogens with zero attached hydrogens (tertiary/aromatic N) is 3. The molecule has 20 heavy (non-hydrogen) atoms. The van der Waals surface area contributed by atoms with E-state index >= 15 is 0 Å². The average molecular weight is 286 g/mol. The fourth-order valence-electron chi connectivity index (χ4n) is 2.52. The van der Waals surface area contributed by atoms with Crippen molar-refractivity contribution in [2.24, 2.45) is 7.05 Å². The van der Waals surface area contributed by atoms with E-state index < -0.39 is 0 Å². The van der Waals surface area contributed by atoms with Crippen molar-refractivity contribution in [2.75, 3.05) is 7.05 Å². The van der Waals surface area contributed by atoms with E-state index in [1.165, 1.54) is 15.8 Å². The van der Waals surface area contributed by atoms with Crippen molar-refractivity contribution in [3.63, 3.8) is 0 Å². The molecule has 2 heterocycles. The van der Waals surface area contributed by atoms with Crippen LogP contribution in [0.25, 0.3) is 10.9 Å². The van der Waals surface area contributed by atoms with Crippen LogP contribution in [0.15, 0.2) is 30.5 Å². The highest BCUT2D eigenvalue weighted by Crippen LogP contribution is 2.26. The molecule has 0 aliphatic heterocycles. The summed E-state index contributed by atoms with van der Waals surface area (Å²) in [5, 5.41) is 10.4. The number of para-hydroxylation sites is 1. The van der Waals surface area contributed by atoms with Crippen LogP contribution in [0.3, 0.4) is 0 Å². The molecule has 104 valence electrons. The van der Waals surface area contributed by atoms with Crippen LogP contribution < -0.4 is 5.32 Å². The van der Waals surface area contributed by atoms with Gasteiger partial charge in [0.2, 0.25) is 0 Å². The molecule has 0 fully saturated rings. The third-order valence-electron chi connectivity index (χ3n) is 3.56. The van der Waals surface area contributed by atoms with Crippen LogP contribution in [0.4, 0.5) is 0 Å². The van der Waals surface area contributed by atoms with Gasteiger partial charge in [0, 0.05) is 36.0 Å². The normalized spacial score (nSPS) is 12.9. The number of fused-ring (bicyclic) bond motifs is 1. The summed E-state index contributed by atoms with van der Waals surface area (Å²) in [5.41, 5.74) is 2.31. The van der Waals surface area contributed by atoms with Crippen LogP contribution >= 0.6 is 11.3 Å². The first-order chi connectivity index (χ1) is 9.69. The number of rotatable bonds is 4. The molecule has 0 saturated carbocycles. The molecule has 5 heteroatoms. The lowest BCUT2D eigenvalue weighted by molar-refractivity contribution is 0.587. The van der Waals surface area contributed by atoms with Gasteiger partial charge in [-0.25, -0.2) is 4.98 Å². The van der Waals surface area contributed by atoms with Gasteiger partial charge in [-0.1, -0.05) is 18.2 Å². The number of aryl methyl sites for hydroxylation is 2. The molecular formula is C15H18N4S. The zero-order valence-corrected chi connectivity index (χ0v) is 12.7. The third kappa shape index (κ3) is 2.34. The van der Waals surface area contributed by atoms with Crippen molar-refractivity contribution in [1.29, 1.82) is 0 Å². The van der Waals surface area contributed by atoms with E-state index in [2.05, 4.69) is 39.7 Å². The molecular weight excluding hydrogens is 268 g/mol. The Kier molecular flexibility index (Phi) is 3.54. The van der Waals surface area contributed by atoms with Crippen LogP contribution in [0.1, 0.15) is 21.6 Å². The summed E-state index contributed by atoms with van der Waals surface area (Å²) in [5.74, 6) is 0. The second kappa shape index (κ2) is 5.34. The van der Waals surface area contributed by atoms with Gasteiger partial charge in [0.15, 0.2) is 0 Å². The second-order valence-electron chi connectivity index (χ2n) is 4.91. The van der Waals surface area contributed by atoms with Gasteiger partial charge < -0.3 is 5.32 Å². The fraction of sp³-hybridized carbons (Fsp3) is 0.333. The summed E-state index contributed by atoms with van der Waals surface area (Å²) < 4.78 is 1.95. The molecule has 1 aromatic carbocycles. The first-order valence-corrected chi connectivity index (χ1v) is 7.51. The van der Waals surface area contributed by atoms with E-state index in [9.17, 15) is 0 Å². The van der Waals surface area contributed by atoms with E-state index in [0.717, 1.165) is 17.1 Å². The SMILES string of the molecule is CNC(Cc1nn(C)c2ccccc12)c1cnc(C)s1. The van der Waals surface area contributed by atoms with Crippen molar-refractivity contribution in [3.8, 4) is 0 Å². The molecule has 0 aliphatic rings. The smallest absolute Gasteiger partial charge is 0.0897 e. The van der Waals surface area contributed by atoms with E-state index in [-0.39, 0.29) is 6.04 Å². The molecule has 4 nitrogen and oxygen atoms in total. The highest BCUT2D eigenvalue weighted by molar-refractivity contribution is 7.11. The van der Waals surface area contributed by atoms with Gasteiger partial charge in [-0.3, -0.25) is 4.68 Å². The van der Waals surface area contributed by atoms with Gasteiger partial charge in [0.05, 0.1) is 16.2 Å². The Morgan fingerprint density at radius 2 is 2.15 bits per heavy atom. The lowest BCUT2D eigenvalue weighted by Gasteiger charge is -2.12. The van der Waals surface area contributed by atoms with E-state index in [4.69, 9.17) is 0 Å². The molecule has 3 aromatic rings. The molecule has 0 saturated heterocycles. The van der Waals surface area contributed by atoms with Crippen LogP contribution in [-0.4, -0.2) is 21.8 Å². The van der Waals surface area contributed by atoms with Gasteiger partial charge in [-0.05, 0) is 20.0 Å². The Hall–Kier alpha value is -1.72. The maximum absolute atomic E-state index is 4.67. The number of thiazole rings is 1. The number of aromatic nitrogens is 3. The summed E-state index contributed by atoms with van der Waals surface area (Å²) in [6, 6.07) is 8.63. The largest absolute Gasteiger partial charge is 0.312 e. The van der Waals surface area contributed by atoms with Gasteiger partial charge >= 0.3 is 0 Å². The Balaban J connectivity index is 1.95. The molecule has 1 N–H and O–H groups in total. The van der Waals surface area contributed by atoms with Crippen molar-refractivity contribution in [3.05, 3.63) is 46.0 Å². The van der Waals surface area contributed by atoms with Gasteiger partial charge in [0.1, 0.15) is 0 Å². The van der Waals surface area contributed by atoms with Gasteiger partial charge in [0.25, 0.3) is 0 Å². The maximum Gasteiger partial charge on any atom is 0.0897 e. The lowest BCUT2D eigenvalue weighted by Crippen LogP contribution is -2.18. The first-order valence-electron chi connectivity index (χ1n) is 6.69. The van der Waals surface area contributed by atoms with E-state index in [1.54, 1.807) is 11.3 Å². The van der Waals surface area contributed by atoms with Crippen molar-refractivity contribution >= 4 is 22.2 Å². The van der Waals surface area contributed by atoms with Crippen molar-refractivity contribution in [2.45, 2.75) is 19.4 Å². The molecule has 0 bridgehead atoms. The molecule has 0 aliphatic carbocycles. The van der Waals surface area contributed by atoms with E-state index in [0.29, 0.717) is 0 Å². The second-order valence-corrected chi connectivity index (χ2v) is 6.18. The highest BCUT2D eigenvalue weighted by Gasteiger charge is 2.17. The number of hydrogen-bond donors (Lipinski definition) is 1. The summed E-state index contributed by atoms with van der Waals surface area (Å²) in [6.45, 7) is 2.04. The molecule has 0 radical (unpaired) electrons. The van der Waals surface area contributed by atoms with Crippen molar-refractivity contribution in [1.82, 2.24) is 20.1 Å². The van der Waals surface area contributed by atoms with Crippen molar-refractivity contribution < 1.29 is 0 Å². The molecule has 1 unspecified atom stereocenters. The summed E-state index contributed by atoms with van der Waals surface area (Å²) in [6.07, 6.45) is 2.84. The summed E-state index contributed by atoms with van der Waals surface area (Å²) in [7, 11) is 3.99. The standard InChI is InChI=1S/C15H18N4S/c1-10-17-9-15(20-10)13(16-2)8-12-11-6-4-5-7-14(11)19(3)18-12/h4-7,9,13,16H,8H2,1-3H3. The maximum atomic E-state index is 4.67. The minimum atomic E-state index is 0.263. The van der Waals surface area contributed by atoms with E-state index in [1.807, 2.05) is 31.9 Å².